The van der Waals surface area contributed by atoms with E-state index in [0.717, 1.165) is 5.56 Å². The van der Waals surface area contributed by atoms with Gasteiger partial charge in [0.05, 0.1) is 4.90 Å². The summed E-state index contributed by atoms with van der Waals surface area (Å²) in [5.41, 5.74) is 2.03. The van der Waals surface area contributed by atoms with Crippen LogP contribution < -0.4 is 0 Å². The largest absolute Gasteiger partial charge is 0.454 e. The minimum absolute atomic E-state index is 0.0806. The van der Waals surface area contributed by atoms with Gasteiger partial charge in [-0.3, -0.25) is 0 Å². The van der Waals surface area contributed by atoms with Gasteiger partial charge in [0.1, 0.15) is 0 Å². The third kappa shape index (κ3) is 2.27. The van der Waals surface area contributed by atoms with Crippen molar-refractivity contribution in [1.29, 1.82) is 0 Å². The summed E-state index contributed by atoms with van der Waals surface area (Å²) in [5, 5.41) is 15.4. The van der Waals surface area contributed by atoms with Crippen LogP contribution in [0.15, 0.2) is 22.2 Å². The molecule has 8 nitrogen and oxygen atoms in total. The first-order chi connectivity index (χ1) is 9.23. The van der Waals surface area contributed by atoms with Gasteiger partial charge >= 0.3 is 11.1 Å². The van der Waals surface area contributed by atoms with Crippen LogP contribution in [0.3, 0.4) is 0 Å². The zero-order chi connectivity index (χ0) is 15.1. The standard InChI is InChI=1S/C11H12N4O4S/c1-6-4-7(2)9(8(3)5-6)20(18,19)11-12-10(13-14-11)15(16)17/h4-5H,1-3H3,(H,12,13,14). The summed E-state index contributed by atoms with van der Waals surface area (Å²) in [6.45, 7) is 5.18. The van der Waals surface area contributed by atoms with Gasteiger partial charge in [0.15, 0.2) is 0 Å². The number of hydrogen-bond donors (Lipinski definition) is 1. The Kier molecular flexibility index (Phi) is 3.30. The lowest BCUT2D eigenvalue weighted by atomic mass is 10.1. The van der Waals surface area contributed by atoms with E-state index in [1.807, 2.05) is 12.0 Å². The van der Waals surface area contributed by atoms with Crippen molar-refractivity contribution in [1.82, 2.24) is 15.2 Å². The van der Waals surface area contributed by atoms with Crippen LogP contribution in [0.25, 0.3) is 0 Å². The van der Waals surface area contributed by atoms with Gasteiger partial charge in [-0.05, 0) is 41.8 Å². The maximum Gasteiger partial charge on any atom is 0.454 e. The van der Waals surface area contributed by atoms with Gasteiger partial charge in [-0.25, -0.2) is 8.42 Å². The highest BCUT2D eigenvalue weighted by molar-refractivity contribution is 7.91. The average molecular weight is 296 g/mol. The highest BCUT2D eigenvalue weighted by atomic mass is 32.2. The van der Waals surface area contributed by atoms with Gasteiger partial charge < -0.3 is 10.1 Å². The molecule has 2 rings (SSSR count). The summed E-state index contributed by atoms with van der Waals surface area (Å²) in [7, 11) is -3.99. The predicted octanol–water partition coefficient (Wildman–Crippen LogP) is 1.47. The zero-order valence-electron chi connectivity index (χ0n) is 11.0. The molecule has 20 heavy (non-hydrogen) atoms. The number of aromatic amines is 1. The number of nitrogens with one attached hydrogen (secondary N) is 1. The van der Waals surface area contributed by atoms with Crippen molar-refractivity contribution >= 4 is 15.8 Å². The van der Waals surface area contributed by atoms with E-state index >= 15 is 0 Å². The quantitative estimate of drug-likeness (QED) is 0.676. The van der Waals surface area contributed by atoms with Crippen molar-refractivity contribution in [3.63, 3.8) is 0 Å². The number of sulfone groups is 1. The molecule has 1 aromatic heterocycles. The van der Waals surface area contributed by atoms with E-state index in [1.165, 1.54) is 0 Å². The molecule has 0 saturated carbocycles. The fraction of sp³-hybridized carbons (Fsp3) is 0.273. The molecule has 0 spiro atoms. The number of H-pyrrole nitrogens is 1. The first-order valence-electron chi connectivity index (χ1n) is 5.63. The predicted molar refractivity (Wildman–Crippen MR) is 69.1 cm³/mol. The molecule has 1 aromatic carbocycles. The summed E-state index contributed by atoms with van der Waals surface area (Å²) in [6, 6.07) is 3.45. The molecule has 2 aromatic rings. The van der Waals surface area contributed by atoms with Crippen LogP contribution in [0.2, 0.25) is 0 Å². The van der Waals surface area contributed by atoms with Crippen LogP contribution in [0, 0.1) is 30.9 Å². The Balaban J connectivity index is 2.63. The fourth-order valence-corrected chi connectivity index (χ4v) is 3.64. The smallest absolute Gasteiger partial charge is 0.390 e. The number of rotatable bonds is 3. The number of aryl methyl sites for hydroxylation is 3. The summed E-state index contributed by atoms with van der Waals surface area (Å²) < 4.78 is 24.9. The maximum atomic E-state index is 12.5. The van der Waals surface area contributed by atoms with Crippen molar-refractivity contribution in [2.24, 2.45) is 0 Å². The Morgan fingerprint density at radius 1 is 1.20 bits per heavy atom. The molecule has 9 heteroatoms. The van der Waals surface area contributed by atoms with Gasteiger partial charge in [-0.15, -0.1) is 5.10 Å². The van der Waals surface area contributed by atoms with Crippen LogP contribution in [0.1, 0.15) is 16.7 Å². The highest BCUT2D eigenvalue weighted by Gasteiger charge is 2.31. The first kappa shape index (κ1) is 14.1. The Labute approximate surface area is 114 Å². The van der Waals surface area contributed by atoms with Gasteiger partial charge in [0.25, 0.3) is 9.84 Å². The summed E-state index contributed by atoms with van der Waals surface area (Å²) in [5.74, 6) is -0.703. The van der Waals surface area contributed by atoms with Crippen molar-refractivity contribution < 1.29 is 13.3 Å². The topological polar surface area (TPSA) is 119 Å². The van der Waals surface area contributed by atoms with Crippen molar-refractivity contribution in [2.75, 3.05) is 0 Å². The molecular weight excluding hydrogens is 284 g/mol. The lowest BCUT2D eigenvalue weighted by molar-refractivity contribution is -0.394. The van der Waals surface area contributed by atoms with Crippen LogP contribution in [0.5, 0.6) is 0 Å². The number of nitro groups is 1. The Morgan fingerprint density at radius 3 is 2.20 bits per heavy atom. The summed E-state index contributed by atoms with van der Waals surface area (Å²) in [6.07, 6.45) is 0. The number of nitrogens with zero attached hydrogens (tertiary/aromatic N) is 3. The molecule has 106 valence electrons. The molecule has 1 N–H and O–H groups in total. The molecule has 0 radical (unpaired) electrons. The Morgan fingerprint density at radius 2 is 1.75 bits per heavy atom. The number of hydrogen-bond acceptors (Lipinski definition) is 6. The third-order valence-corrected chi connectivity index (χ3v) is 4.58. The van der Waals surface area contributed by atoms with E-state index in [4.69, 9.17) is 0 Å². The lowest BCUT2D eigenvalue weighted by Gasteiger charge is -2.08. The highest BCUT2D eigenvalue weighted by Crippen LogP contribution is 2.26. The molecule has 0 aliphatic rings. The fourth-order valence-electron chi connectivity index (χ4n) is 2.12. The molecule has 0 aliphatic heterocycles. The van der Waals surface area contributed by atoms with E-state index in [-0.39, 0.29) is 4.90 Å². The third-order valence-electron chi connectivity index (χ3n) is 2.74. The molecular formula is C11H12N4O4S. The molecule has 0 amide bonds. The van der Waals surface area contributed by atoms with Gasteiger partial charge in [-0.1, -0.05) is 22.8 Å². The van der Waals surface area contributed by atoms with Crippen molar-refractivity contribution in [3.05, 3.63) is 38.9 Å². The van der Waals surface area contributed by atoms with Crippen LogP contribution >= 0.6 is 0 Å². The Bertz CT molecular complexity index is 771. The maximum absolute atomic E-state index is 12.5. The average Bonchev–Trinajstić information content (AvgIpc) is 2.76. The minimum Gasteiger partial charge on any atom is -0.390 e. The second kappa shape index (κ2) is 4.67. The van der Waals surface area contributed by atoms with Crippen LogP contribution in [-0.2, 0) is 9.84 Å². The van der Waals surface area contributed by atoms with E-state index in [1.54, 1.807) is 26.0 Å². The summed E-state index contributed by atoms with van der Waals surface area (Å²) >= 11 is 0. The molecule has 1 heterocycles. The number of aromatic nitrogens is 3. The summed E-state index contributed by atoms with van der Waals surface area (Å²) in [4.78, 5) is 13.2. The van der Waals surface area contributed by atoms with Crippen LogP contribution in [-0.4, -0.2) is 28.5 Å². The van der Waals surface area contributed by atoms with E-state index < -0.39 is 25.9 Å². The molecule has 0 saturated heterocycles. The minimum atomic E-state index is -3.99. The molecule has 0 unspecified atom stereocenters. The van der Waals surface area contributed by atoms with Crippen LogP contribution in [0.4, 0.5) is 5.95 Å². The second-order valence-corrected chi connectivity index (χ2v) is 6.21. The zero-order valence-corrected chi connectivity index (χ0v) is 11.9. The van der Waals surface area contributed by atoms with E-state index in [9.17, 15) is 18.5 Å². The molecule has 0 bridgehead atoms. The Hall–Kier alpha value is -2.29. The van der Waals surface area contributed by atoms with E-state index in [0.29, 0.717) is 11.1 Å². The van der Waals surface area contributed by atoms with Gasteiger partial charge in [-0.2, -0.15) is 0 Å². The van der Waals surface area contributed by atoms with Gasteiger partial charge in [0, 0.05) is 0 Å². The SMILES string of the molecule is Cc1cc(C)c(S(=O)(=O)c2n[nH]c([N+](=O)[O-])n2)c(C)c1. The second-order valence-electron chi connectivity index (χ2n) is 4.43. The monoisotopic (exact) mass is 296 g/mol. The molecule has 0 fully saturated rings. The lowest BCUT2D eigenvalue weighted by Crippen LogP contribution is -2.09. The van der Waals surface area contributed by atoms with Crippen molar-refractivity contribution in [2.45, 2.75) is 30.8 Å². The first-order valence-corrected chi connectivity index (χ1v) is 7.11. The molecule has 0 atom stereocenters. The van der Waals surface area contributed by atoms with E-state index in [2.05, 4.69) is 10.1 Å². The van der Waals surface area contributed by atoms with Gasteiger partial charge in [0.2, 0.25) is 0 Å². The normalized spacial score (nSPS) is 11.6. The molecule has 0 aliphatic carbocycles. The van der Waals surface area contributed by atoms with Crippen molar-refractivity contribution in [3.8, 4) is 0 Å². The number of benzene rings is 1.